The number of cyclic esters (lactones) is 12. The number of hydrogen-bond acceptors (Lipinski definition) is 25. The Morgan fingerprint density at radius 3 is 0.775 bits per heavy atom. The number of carbonyl (C=O) groups excluding carboxylic acids is 14. The molecule has 0 saturated heterocycles. The molecule has 6 aliphatic heterocycles. The van der Waals surface area contributed by atoms with Crippen LogP contribution in [-0.2, 0) is 47.7 Å². The highest BCUT2D eigenvalue weighted by Crippen LogP contribution is 2.33. The molecule has 6 heterocycles. The van der Waals surface area contributed by atoms with Crippen molar-refractivity contribution in [3.63, 3.8) is 0 Å². The number of esters is 14. The van der Waals surface area contributed by atoms with Gasteiger partial charge in [-0.2, -0.15) is 0 Å². The third-order valence-electron chi connectivity index (χ3n) is 11.5. The molecule has 26 heteroatoms. The summed E-state index contributed by atoms with van der Waals surface area (Å²) in [6.45, 7) is 23.2. The molecule has 0 unspecified atom stereocenters. The second kappa shape index (κ2) is 31.3. The number of ether oxygens (including phenoxy) is 9. The van der Waals surface area contributed by atoms with Crippen LogP contribution >= 0.6 is 0 Å². The molecule has 0 saturated carbocycles. The van der Waals surface area contributed by atoms with E-state index < -0.39 is 100 Å². The molecule has 6 aromatic carbocycles. The van der Waals surface area contributed by atoms with Crippen molar-refractivity contribution in [3.8, 4) is 11.5 Å². The lowest BCUT2D eigenvalue weighted by Gasteiger charge is -2.07. The fourth-order valence-corrected chi connectivity index (χ4v) is 9.03. The molecule has 6 aromatic rings. The average Bonchev–Trinajstić information content (AvgIpc) is 1.90. The van der Waals surface area contributed by atoms with Crippen molar-refractivity contribution in [1.82, 2.24) is 0 Å². The zero-order valence-corrected chi connectivity index (χ0v) is 50.5. The van der Waals surface area contributed by atoms with Gasteiger partial charge in [-0.25, -0.2) is 75.5 Å². The van der Waals surface area contributed by atoms with Crippen LogP contribution in [0.15, 0.2) is 119 Å². The van der Waals surface area contributed by atoms with Gasteiger partial charge in [-0.1, -0.05) is 83.1 Å². The Kier molecular flexibility index (Phi) is 24.7. The van der Waals surface area contributed by atoms with Gasteiger partial charge in [0.25, 0.3) is 0 Å². The maximum absolute atomic E-state index is 12.7. The molecule has 12 rings (SSSR count). The highest BCUT2D eigenvalue weighted by Gasteiger charge is 2.37. The molecule has 0 spiro atoms. The number of fused-ring (bicyclic) bond motifs is 6. The first-order valence-electron chi connectivity index (χ1n) is 27.4. The van der Waals surface area contributed by atoms with Gasteiger partial charge in [-0.05, 0) is 109 Å². The van der Waals surface area contributed by atoms with E-state index in [9.17, 15) is 75.5 Å². The number of hydrogen-bond donors (Lipinski definition) is 0. The van der Waals surface area contributed by atoms with E-state index in [0.29, 0.717) is 0 Å². The molecule has 0 amide bonds. The monoisotopic (exact) mass is 1240 g/mol. The molecule has 25 nitrogen and oxygen atoms in total. The first-order valence-corrected chi connectivity index (χ1v) is 28.9. The van der Waals surface area contributed by atoms with Crippen LogP contribution in [0, 0.1) is 0 Å². The topological polar surface area (TPSA) is 356 Å². The van der Waals surface area contributed by atoms with E-state index in [1.807, 2.05) is 83.1 Å². The molecule has 0 aliphatic carbocycles. The van der Waals surface area contributed by atoms with Crippen molar-refractivity contribution in [2.45, 2.75) is 92.9 Å². The van der Waals surface area contributed by atoms with E-state index in [1.54, 1.807) is 0 Å². The lowest BCUT2D eigenvalue weighted by molar-refractivity contribution is -0.0169. The Balaban J connectivity index is 0.000000264. The van der Waals surface area contributed by atoms with Gasteiger partial charge in [0.15, 0.2) is 0 Å². The van der Waals surface area contributed by atoms with Gasteiger partial charge in [-0.3, -0.25) is 0 Å². The Morgan fingerprint density at radius 2 is 0.506 bits per heavy atom. The minimum absolute atomic E-state index is 0.0212. The summed E-state index contributed by atoms with van der Waals surface area (Å²) in [5.41, 5.74) is 0.0564. The second-order valence-corrected chi connectivity index (χ2v) is 17.9. The van der Waals surface area contributed by atoms with Crippen molar-refractivity contribution >= 4 is 93.4 Å². The summed E-state index contributed by atoms with van der Waals surface area (Å²) in [6.07, 6.45) is 0. The van der Waals surface area contributed by atoms with Gasteiger partial charge in [0.2, 0.25) is 16.6 Å². The number of carbonyl (C=O) groups is 14. The van der Waals surface area contributed by atoms with Gasteiger partial charge in [0, 0.05) is 0 Å². The first-order chi connectivity index (χ1) is 42.7. The smallest absolute Gasteiger partial charge is 0.347 e. The fourth-order valence-electron chi connectivity index (χ4n) is 7.72. The largest absolute Gasteiger partial charge is 0.457 e. The zero-order chi connectivity index (χ0) is 66.8. The van der Waals surface area contributed by atoms with Crippen LogP contribution in [0.1, 0.15) is 228 Å². The normalized spacial score (nSPS) is 13.3. The van der Waals surface area contributed by atoms with E-state index in [2.05, 4.69) is 28.4 Å². The standard InChI is InChI=1S/C19H8O10.C16H6O8S.C16H6O7.6C2H6/c20-14(8-1-3-10-12(5-8)18(24)28-16(10)22)26-7-27-15(21)9-2-4-11-13(6-9)19(25)29-17(11)23;17-13-9-3-1-7(5-11(9)15(19)23-13)25(21,22)8-2-4-10-12(6-8)16(20)24-14(10)18;17-13-9-3-1-7(5-11(9)15(19)22-13)21-8-2-4-10-12(6-8)16(20)23-14(10)18;6*1-2/h1-6H,7H2;1-6H;1-6H;6*1-2H3. The van der Waals surface area contributed by atoms with Gasteiger partial charge >= 0.3 is 83.6 Å². The minimum atomic E-state index is -4.10. The van der Waals surface area contributed by atoms with E-state index in [-0.39, 0.29) is 99.2 Å². The van der Waals surface area contributed by atoms with Crippen LogP contribution in [0.5, 0.6) is 11.5 Å². The fraction of sp³-hybridized carbons (Fsp3) is 0.206. The molecular formula is C63H56O25S. The van der Waals surface area contributed by atoms with E-state index >= 15 is 0 Å². The van der Waals surface area contributed by atoms with Crippen LogP contribution in [-0.4, -0.2) is 98.8 Å². The predicted octanol–water partition coefficient (Wildman–Crippen LogP) is 10.7. The molecule has 0 N–H and O–H groups in total. The summed E-state index contributed by atoms with van der Waals surface area (Å²) in [7, 11) is -4.10. The molecule has 464 valence electrons. The Labute approximate surface area is 507 Å². The lowest BCUT2D eigenvalue weighted by Crippen LogP contribution is -2.14. The SMILES string of the molecule is CC.CC.CC.CC.CC.CC.O=C(OCOC(=O)c1ccc2c(c1)C(=O)OC2=O)c1ccc2c(c1)C(=O)OC2=O.O=C1OC(=O)c2cc(Oc3ccc4c(c3)C(=O)OC4=O)ccc21.O=C1OC(=O)c2cc(S(=O)(=O)c3ccc4c(c3)C(=O)OC4=O)ccc21. The van der Waals surface area contributed by atoms with E-state index in [4.69, 9.17) is 14.2 Å². The maximum Gasteiger partial charge on any atom is 0.347 e. The third-order valence-corrected chi connectivity index (χ3v) is 13.2. The van der Waals surface area contributed by atoms with Crippen molar-refractivity contribution in [2.24, 2.45) is 0 Å². The van der Waals surface area contributed by atoms with Crippen LogP contribution < -0.4 is 4.74 Å². The number of benzene rings is 6. The maximum atomic E-state index is 12.7. The van der Waals surface area contributed by atoms with Crippen LogP contribution in [0.2, 0.25) is 0 Å². The summed E-state index contributed by atoms with van der Waals surface area (Å²) in [5.74, 6) is -11.0. The van der Waals surface area contributed by atoms with E-state index in [0.717, 1.165) is 36.4 Å². The molecule has 0 atom stereocenters. The molecule has 0 aromatic heterocycles. The molecule has 0 bridgehead atoms. The molecule has 0 radical (unpaired) electrons. The molecule has 6 aliphatic rings. The van der Waals surface area contributed by atoms with Crippen molar-refractivity contribution in [2.75, 3.05) is 6.79 Å². The molecule has 0 fully saturated rings. The quantitative estimate of drug-likeness (QED) is 0.0591. The first kappa shape index (κ1) is 70.3. The summed E-state index contributed by atoms with van der Waals surface area (Å²) < 4.78 is 67.3. The molecule has 89 heavy (non-hydrogen) atoms. The average molecular weight is 1250 g/mol. The van der Waals surface area contributed by atoms with Crippen LogP contribution in [0.25, 0.3) is 0 Å². The lowest BCUT2D eigenvalue weighted by atomic mass is 10.1. The van der Waals surface area contributed by atoms with Crippen LogP contribution in [0.4, 0.5) is 0 Å². The highest BCUT2D eigenvalue weighted by molar-refractivity contribution is 7.91. The minimum Gasteiger partial charge on any atom is -0.457 e. The summed E-state index contributed by atoms with van der Waals surface area (Å²) in [4.78, 5) is 161. The molecular weight excluding hydrogens is 1190 g/mol. The summed E-state index contributed by atoms with van der Waals surface area (Å²) in [5, 5.41) is 0. The predicted molar refractivity (Wildman–Crippen MR) is 306 cm³/mol. The summed E-state index contributed by atoms with van der Waals surface area (Å²) >= 11 is 0. The Morgan fingerprint density at radius 1 is 0.292 bits per heavy atom. The second-order valence-electron chi connectivity index (χ2n) is 16.0. The van der Waals surface area contributed by atoms with Crippen LogP contribution in [0.3, 0.4) is 0 Å². The van der Waals surface area contributed by atoms with Gasteiger partial charge < -0.3 is 42.6 Å². The van der Waals surface area contributed by atoms with Gasteiger partial charge in [0.1, 0.15) is 11.5 Å². The third kappa shape index (κ3) is 15.1. The van der Waals surface area contributed by atoms with E-state index in [1.165, 1.54) is 72.8 Å². The number of sulfone groups is 1. The highest BCUT2D eigenvalue weighted by atomic mass is 32.2. The zero-order valence-electron chi connectivity index (χ0n) is 49.7. The Hall–Kier alpha value is -11.2. The van der Waals surface area contributed by atoms with Gasteiger partial charge in [-0.15, -0.1) is 0 Å². The van der Waals surface area contributed by atoms with Gasteiger partial charge in [0.05, 0.1) is 87.7 Å². The number of rotatable bonds is 8. The van der Waals surface area contributed by atoms with Crippen molar-refractivity contribution in [1.29, 1.82) is 0 Å². The van der Waals surface area contributed by atoms with Crippen molar-refractivity contribution in [3.05, 3.63) is 187 Å². The van der Waals surface area contributed by atoms with Crippen molar-refractivity contribution < 1.29 is 118 Å². The Bertz CT molecular complexity index is 3770. The summed E-state index contributed by atoms with van der Waals surface area (Å²) in [6, 6.07) is 22.6.